The second-order valence-electron chi connectivity index (χ2n) is 1.79. The molecule has 2 aromatic heterocycles. The van der Waals surface area contributed by atoms with Crippen LogP contribution in [-0.4, -0.2) is 19.9 Å². The molecule has 0 atom stereocenters. The molecular formula is C6H6K2N4. The second kappa shape index (κ2) is 7.05. The molecule has 2 aromatic rings. The van der Waals surface area contributed by atoms with Crippen molar-refractivity contribution in [2.45, 2.75) is 0 Å². The molecular weight excluding hydrogens is 206 g/mol. The molecule has 4 nitrogen and oxygen atoms in total. The van der Waals surface area contributed by atoms with E-state index in [9.17, 15) is 0 Å². The summed E-state index contributed by atoms with van der Waals surface area (Å²) in [4.78, 5) is 15.7. The Hall–Kier alpha value is 1.69. The number of aromatic nitrogens is 4. The van der Waals surface area contributed by atoms with Gasteiger partial charge in [0.05, 0.1) is 6.20 Å². The third-order valence-electron chi connectivity index (χ3n) is 1.15. The summed E-state index contributed by atoms with van der Waals surface area (Å²) in [7, 11) is 0. The summed E-state index contributed by atoms with van der Waals surface area (Å²) >= 11 is 0. The largest absolute Gasteiger partial charge is 1.00 e. The van der Waals surface area contributed by atoms with Gasteiger partial charge in [0.15, 0.2) is 5.65 Å². The van der Waals surface area contributed by atoms with Crippen molar-refractivity contribution < 1.29 is 106 Å². The van der Waals surface area contributed by atoms with Crippen LogP contribution in [0, 0.1) is 0 Å². The Bertz CT molecular complexity index is 297. The first-order valence-electron chi connectivity index (χ1n) is 2.83. The van der Waals surface area contributed by atoms with Gasteiger partial charge in [0.2, 0.25) is 0 Å². The van der Waals surface area contributed by atoms with Crippen LogP contribution in [0.25, 0.3) is 11.2 Å². The fraction of sp³-hybridized carbons (Fsp3) is 0. The summed E-state index contributed by atoms with van der Waals surface area (Å²) in [6, 6.07) is 0. The Morgan fingerprint density at radius 2 is 1.75 bits per heavy atom. The number of rotatable bonds is 0. The van der Waals surface area contributed by atoms with Gasteiger partial charge in [-0.2, -0.15) is 0 Å². The predicted molar refractivity (Wildman–Crippen MR) is 37.4 cm³/mol. The van der Waals surface area contributed by atoms with Crippen molar-refractivity contribution in [1.29, 1.82) is 0 Å². The van der Waals surface area contributed by atoms with Gasteiger partial charge in [-0.05, 0) is 0 Å². The van der Waals surface area contributed by atoms with Gasteiger partial charge in [-0.25, -0.2) is 19.9 Å². The van der Waals surface area contributed by atoms with Gasteiger partial charge in [0.1, 0.15) is 11.8 Å². The first-order chi connectivity index (χ1) is 4.97. The summed E-state index contributed by atoms with van der Waals surface area (Å²) in [5.74, 6) is 0. The van der Waals surface area contributed by atoms with Crippen molar-refractivity contribution in [3.05, 3.63) is 24.9 Å². The van der Waals surface area contributed by atoms with Crippen LogP contribution in [0.3, 0.4) is 0 Å². The van der Waals surface area contributed by atoms with Crippen LogP contribution in [0.15, 0.2) is 24.9 Å². The zero-order valence-electron chi connectivity index (χ0n) is 9.10. The molecule has 2 heterocycles. The molecule has 0 aromatic carbocycles. The summed E-state index contributed by atoms with van der Waals surface area (Å²) in [5, 5.41) is 0. The van der Waals surface area contributed by atoms with Crippen LogP contribution in [0.5, 0.6) is 0 Å². The van der Waals surface area contributed by atoms with Crippen LogP contribution in [0.2, 0.25) is 0 Å². The molecule has 0 saturated heterocycles. The summed E-state index contributed by atoms with van der Waals surface area (Å²) < 4.78 is 0. The number of hydrogen-bond acceptors (Lipinski definition) is 4. The molecule has 0 aliphatic rings. The molecule has 0 radical (unpaired) electrons. The molecule has 52 valence electrons. The van der Waals surface area contributed by atoms with E-state index in [1.165, 1.54) is 6.33 Å². The van der Waals surface area contributed by atoms with Crippen LogP contribution in [-0.2, 0) is 0 Å². The molecule has 2 rings (SSSR count). The van der Waals surface area contributed by atoms with E-state index in [0.717, 1.165) is 5.52 Å². The molecule has 0 aliphatic carbocycles. The molecule has 0 fully saturated rings. The number of hydrogen-bond donors (Lipinski definition) is 0. The minimum atomic E-state index is 0. The van der Waals surface area contributed by atoms with Crippen molar-refractivity contribution in [2.24, 2.45) is 0 Å². The molecule has 12 heavy (non-hydrogen) atoms. The Balaban J connectivity index is -0.000000302. The van der Waals surface area contributed by atoms with Crippen LogP contribution < -0.4 is 103 Å². The molecule has 0 amide bonds. The van der Waals surface area contributed by atoms with Crippen molar-refractivity contribution >= 4 is 11.2 Å². The van der Waals surface area contributed by atoms with E-state index in [0.29, 0.717) is 5.65 Å². The normalized spacial score (nSPS) is 8.33. The molecule has 0 unspecified atom stereocenters. The number of nitrogens with zero attached hydrogens (tertiary/aromatic N) is 4. The molecule has 0 N–H and O–H groups in total. The van der Waals surface area contributed by atoms with E-state index in [-0.39, 0.29) is 106 Å². The Kier molecular flexibility index (Phi) is 8.04. The van der Waals surface area contributed by atoms with E-state index < -0.39 is 0 Å². The zero-order chi connectivity index (χ0) is 6.81. The average Bonchev–Trinajstić information content (AvgIpc) is 2.05. The van der Waals surface area contributed by atoms with Gasteiger partial charge < -0.3 is 2.85 Å². The fourth-order valence-corrected chi connectivity index (χ4v) is 0.724. The van der Waals surface area contributed by atoms with Crippen molar-refractivity contribution in [2.75, 3.05) is 0 Å². The average molecular weight is 212 g/mol. The maximum atomic E-state index is 3.99. The smallest absolute Gasteiger partial charge is 1.00 e. The summed E-state index contributed by atoms with van der Waals surface area (Å²) in [5.41, 5.74) is 1.36. The van der Waals surface area contributed by atoms with E-state index in [1.54, 1.807) is 18.6 Å². The molecule has 0 bridgehead atoms. The van der Waals surface area contributed by atoms with Gasteiger partial charge in [-0.15, -0.1) is 0 Å². The quantitative estimate of drug-likeness (QED) is 0.409. The van der Waals surface area contributed by atoms with Crippen molar-refractivity contribution in [1.82, 2.24) is 19.9 Å². The van der Waals surface area contributed by atoms with Crippen LogP contribution in [0.1, 0.15) is 2.85 Å². The SMILES string of the molecule is [H-].[H-].[K+].[K+].c1cnc2ncncc2n1. The maximum absolute atomic E-state index is 3.99. The Labute approximate surface area is 158 Å². The third-order valence-corrected chi connectivity index (χ3v) is 1.15. The minimum Gasteiger partial charge on any atom is -1.00 e. The standard InChI is InChI=1S/C6H4N4.2K.2H/c1-2-9-6-5(8-1)3-7-4-10-6;;;;/h1-4H;;;;/q;2*+1;2*-1. The molecule has 0 aliphatic heterocycles. The monoisotopic (exact) mass is 212 g/mol. The predicted octanol–water partition coefficient (Wildman–Crippen LogP) is -5.35. The maximum Gasteiger partial charge on any atom is 1.00 e. The van der Waals surface area contributed by atoms with Crippen molar-refractivity contribution in [3.63, 3.8) is 0 Å². The van der Waals surface area contributed by atoms with E-state index >= 15 is 0 Å². The first kappa shape index (κ1) is 13.7. The van der Waals surface area contributed by atoms with Gasteiger partial charge in [0, 0.05) is 12.4 Å². The minimum absolute atomic E-state index is 0. The number of fused-ring (bicyclic) bond motifs is 1. The Morgan fingerprint density at radius 3 is 2.50 bits per heavy atom. The first-order valence-corrected chi connectivity index (χ1v) is 2.83. The van der Waals surface area contributed by atoms with Gasteiger partial charge >= 0.3 is 103 Å². The topological polar surface area (TPSA) is 51.6 Å². The molecule has 0 saturated carbocycles. The van der Waals surface area contributed by atoms with E-state index in [4.69, 9.17) is 0 Å². The van der Waals surface area contributed by atoms with Gasteiger partial charge in [-0.3, -0.25) is 0 Å². The van der Waals surface area contributed by atoms with Crippen LogP contribution in [0.4, 0.5) is 0 Å². The second-order valence-corrected chi connectivity index (χ2v) is 1.79. The summed E-state index contributed by atoms with van der Waals surface area (Å²) in [6.07, 6.45) is 6.31. The van der Waals surface area contributed by atoms with Crippen LogP contribution >= 0.6 is 0 Å². The van der Waals surface area contributed by atoms with E-state index in [2.05, 4.69) is 19.9 Å². The van der Waals surface area contributed by atoms with Gasteiger partial charge in [-0.1, -0.05) is 0 Å². The van der Waals surface area contributed by atoms with Gasteiger partial charge in [0.25, 0.3) is 0 Å². The Morgan fingerprint density at radius 1 is 1.00 bits per heavy atom. The van der Waals surface area contributed by atoms with E-state index in [1.807, 2.05) is 0 Å². The van der Waals surface area contributed by atoms with Crippen molar-refractivity contribution in [3.8, 4) is 0 Å². The zero-order valence-corrected chi connectivity index (χ0v) is 13.3. The third kappa shape index (κ3) is 3.45. The fourth-order valence-electron chi connectivity index (χ4n) is 0.724. The summed E-state index contributed by atoms with van der Waals surface area (Å²) in [6.45, 7) is 0. The molecule has 6 heteroatoms. The molecule has 0 spiro atoms.